The lowest BCUT2D eigenvalue weighted by Gasteiger charge is -2.31. The minimum absolute atomic E-state index is 0.375. The van der Waals surface area contributed by atoms with E-state index in [0.717, 1.165) is 19.5 Å². The Kier molecular flexibility index (Phi) is 4.57. The van der Waals surface area contributed by atoms with Gasteiger partial charge in [-0.3, -0.25) is 0 Å². The van der Waals surface area contributed by atoms with Crippen molar-refractivity contribution in [3.8, 4) is 0 Å². The van der Waals surface area contributed by atoms with E-state index in [4.69, 9.17) is 17.0 Å². The number of esters is 1. The molecule has 1 aliphatic heterocycles. The number of ether oxygens (including phenoxy) is 1. The molecule has 23 heavy (non-hydrogen) atoms. The van der Waals surface area contributed by atoms with Crippen LogP contribution in [0, 0.1) is 0 Å². The molecule has 0 saturated heterocycles. The molecule has 0 aliphatic carbocycles. The van der Waals surface area contributed by atoms with Crippen LogP contribution in [0.5, 0.6) is 0 Å². The predicted molar refractivity (Wildman–Crippen MR) is 94.6 cm³/mol. The number of methoxy groups -OCH3 is 1. The van der Waals surface area contributed by atoms with Crippen molar-refractivity contribution in [1.82, 2.24) is 4.90 Å². The Labute approximate surface area is 141 Å². The highest BCUT2D eigenvalue weighted by Crippen LogP contribution is 2.21. The third kappa shape index (κ3) is 3.35. The highest BCUT2D eigenvalue weighted by atomic mass is 32.1. The van der Waals surface area contributed by atoms with Gasteiger partial charge in [-0.05, 0) is 41.9 Å². The van der Waals surface area contributed by atoms with Gasteiger partial charge in [0, 0.05) is 13.1 Å². The first-order chi connectivity index (χ1) is 11.2. The zero-order valence-corrected chi connectivity index (χ0v) is 13.7. The number of rotatable bonds is 2. The highest BCUT2D eigenvalue weighted by molar-refractivity contribution is 7.80. The Balaban J connectivity index is 1.75. The van der Waals surface area contributed by atoms with E-state index in [1.807, 2.05) is 18.2 Å². The maximum atomic E-state index is 11.8. The number of hydrogen-bond donors (Lipinski definition) is 1. The van der Waals surface area contributed by atoms with Crippen LogP contribution in [0.25, 0.3) is 0 Å². The monoisotopic (exact) mass is 326 g/mol. The fourth-order valence-corrected chi connectivity index (χ4v) is 3.01. The number of carbonyl (C=O) groups is 1. The molecule has 0 radical (unpaired) electrons. The summed E-state index contributed by atoms with van der Waals surface area (Å²) in [7, 11) is 1.37. The molecular formula is C18H18N2O2S. The zero-order valence-electron chi connectivity index (χ0n) is 12.9. The molecule has 0 unspecified atom stereocenters. The molecule has 0 atom stereocenters. The van der Waals surface area contributed by atoms with Crippen LogP contribution in [0.1, 0.15) is 21.5 Å². The standard InChI is InChI=1S/C18H18N2O2S/c1-22-17(21)15-8-4-5-9-16(15)19-18(23)20-11-10-13-6-2-3-7-14(13)12-20/h2-9H,10-12H2,1H3,(H,19,23). The molecule has 0 bridgehead atoms. The summed E-state index contributed by atoms with van der Waals surface area (Å²) in [6, 6.07) is 15.6. The van der Waals surface area contributed by atoms with Gasteiger partial charge in [0.2, 0.25) is 0 Å². The summed E-state index contributed by atoms with van der Waals surface area (Å²) < 4.78 is 4.81. The van der Waals surface area contributed by atoms with Crippen LogP contribution >= 0.6 is 12.2 Å². The third-order valence-corrected chi connectivity index (χ3v) is 4.35. The van der Waals surface area contributed by atoms with Crippen molar-refractivity contribution in [2.75, 3.05) is 19.0 Å². The van der Waals surface area contributed by atoms with E-state index in [1.54, 1.807) is 12.1 Å². The highest BCUT2D eigenvalue weighted by Gasteiger charge is 2.19. The van der Waals surface area contributed by atoms with Crippen LogP contribution in [-0.2, 0) is 17.7 Å². The van der Waals surface area contributed by atoms with E-state index in [0.29, 0.717) is 16.4 Å². The van der Waals surface area contributed by atoms with Gasteiger partial charge in [-0.25, -0.2) is 4.79 Å². The van der Waals surface area contributed by atoms with Gasteiger partial charge in [-0.15, -0.1) is 0 Å². The Bertz CT molecular complexity index is 745. The fourth-order valence-electron chi connectivity index (χ4n) is 2.74. The second kappa shape index (κ2) is 6.79. The molecule has 2 aromatic rings. The van der Waals surface area contributed by atoms with Gasteiger partial charge in [0.25, 0.3) is 0 Å². The third-order valence-electron chi connectivity index (χ3n) is 3.99. The second-order valence-electron chi connectivity index (χ2n) is 5.41. The fraction of sp³-hybridized carbons (Fsp3) is 0.222. The van der Waals surface area contributed by atoms with E-state index in [2.05, 4.69) is 28.4 Å². The quantitative estimate of drug-likeness (QED) is 0.678. The van der Waals surface area contributed by atoms with Crippen LogP contribution in [0.15, 0.2) is 48.5 Å². The van der Waals surface area contributed by atoms with Gasteiger partial charge < -0.3 is 15.0 Å². The summed E-state index contributed by atoms with van der Waals surface area (Å²) in [6.07, 6.45) is 0.969. The van der Waals surface area contributed by atoms with E-state index >= 15 is 0 Å². The Morgan fingerprint density at radius 2 is 1.83 bits per heavy atom. The zero-order chi connectivity index (χ0) is 16.2. The minimum Gasteiger partial charge on any atom is -0.465 e. The lowest BCUT2D eigenvalue weighted by molar-refractivity contribution is 0.0602. The summed E-state index contributed by atoms with van der Waals surface area (Å²) >= 11 is 5.53. The lowest BCUT2D eigenvalue weighted by atomic mass is 10.0. The van der Waals surface area contributed by atoms with Gasteiger partial charge in [-0.1, -0.05) is 36.4 Å². The first-order valence-electron chi connectivity index (χ1n) is 7.49. The average molecular weight is 326 g/mol. The Morgan fingerprint density at radius 1 is 1.13 bits per heavy atom. The molecule has 4 nitrogen and oxygen atoms in total. The average Bonchev–Trinajstić information content (AvgIpc) is 2.61. The van der Waals surface area contributed by atoms with E-state index in [-0.39, 0.29) is 5.97 Å². The van der Waals surface area contributed by atoms with Crippen molar-refractivity contribution in [2.24, 2.45) is 0 Å². The molecule has 5 heteroatoms. The maximum absolute atomic E-state index is 11.8. The summed E-state index contributed by atoms with van der Waals surface area (Å²) in [6.45, 7) is 1.64. The van der Waals surface area contributed by atoms with Crippen LogP contribution < -0.4 is 5.32 Å². The summed E-state index contributed by atoms with van der Waals surface area (Å²) in [5.41, 5.74) is 3.82. The lowest BCUT2D eigenvalue weighted by Crippen LogP contribution is -2.38. The SMILES string of the molecule is COC(=O)c1ccccc1NC(=S)N1CCc2ccccc2C1. The first kappa shape index (κ1) is 15.5. The van der Waals surface area contributed by atoms with Crippen molar-refractivity contribution in [2.45, 2.75) is 13.0 Å². The number of nitrogens with zero attached hydrogens (tertiary/aromatic N) is 1. The molecule has 1 N–H and O–H groups in total. The molecule has 0 aromatic heterocycles. The molecule has 3 rings (SSSR count). The number of nitrogens with one attached hydrogen (secondary N) is 1. The van der Waals surface area contributed by atoms with Gasteiger partial charge in [0.1, 0.15) is 0 Å². The molecule has 0 spiro atoms. The molecule has 2 aromatic carbocycles. The van der Waals surface area contributed by atoms with Crippen molar-refractivity contribution < 1.29 is 9.53 Å². The summed E-state index contributed by atoms with van der Waals surface area (Å²) in [5.74, 6) is -0.375. The number of para-hydroxylation sites is 1. The van der Waals surface area contributed by atoms with Gasteiger partial charge in [0.15, 0.2) is 5.11 Å². The van der Waals surface area contributed by atoms with Gasteiger partial charge in [-0.2, -0.15) is 0 Å². The Hall–Kier alpha value is -2.40. The van der Waals surface area contributed by atoms with Crippen molar-refractivity contribution >= 4 is 29.0 Å². The summed E-state index contributed by atoms with van der Waals surface area (Å²) in [5, 5.41) is 3.80. The topological polar surface area (TPSA) is 41.6 Å². The second-order valence-corrected chi connectivity index (χ2v) is 5.79. The molecule has 1 heterocycles. The number of benzene rings is 2. The molecule has 0 saturated carbocycles. The van der Waals surface area contributed by atoms with Crippen LogP contribution in [0.2, 0.25) is 0 Å². The van der Waals surface area contributed by atoms with Crippen LogP contribution in [0.3, 0.4) is 0 Å². The summed E-state index contributed by atoms with van der Waals surface area (Å²) in [4.78, 5) is 14.0. The number of hydrogen-bond acceptors (Lipinski definition) is 3. The molecule has 1 aliphatic rings. The largest absolute Gasteiger partial charge is 0.465 e. The number of thiocarbonyl (C=S) groups is 1. The maximum Gasteiger partial charge on any atom is 0.339 e. The van der Waals surface area contributed by atoms with Gasteiger partial charge >= 0.3 is 5.97 Å². The molecule has 0 fully saturated rings. The van der Waals surface area contributed by atoms with Crippen molar-refractivity contribution in [1.29, 1.82) is 0 Å². The first-order valence-corrected chi connectivity index (χ1v) is 7.90. The molecule has 118 valence electrons. The minimum atomic E-state index is -0.375. The number of fused-ring (bicyclic) bond motifs is 1. The number of anilines is 1. The molecule has 0 amide bonds. The van der Waals surface area contributed by atoms with Crippen LogP contribution in [-0.4, -0.2) is 29.6 Å². The Morgan fingerprint density at radius 3 is 2.61 bits per heavy atom. The normalized spacial score (nSPS) is 13.2. The van der Waals surface area contributed by atoms with Crippen LogP contribution in [0.4, 0.5) is 5.69 Å². The van der Waals surface area contributed by atoms with Gasteiger partial charge in [0.05, 0.1) is 18.4 Å². The van der Waals surface area contributed by atoms with Crippen molar-refractivity contribution in [3.05, 3.63) is 65.2 Å². The molecular weight excluding hydrogens is 308 g/mol. The van der Waals surface area contributed by atoms with Crippen molar-refractivity contribution in [3.63, 3.8) is 0 Å². The number of carbonyl (C=O) groups excluding carboxylic acids is 1. The van der Waals surface area contributed by atoms with E-state index in [1.165, 1.54) is 18.2 Å². The van der Waals surface area contributed by atoms with E-state index in [9.17, 15) is 4.79 Å². The smallest absolute Gasteiger partial charge is 0.339 e. The van der Waals surface area contributed by atoms with E-state index < -0.39 is 0 Å². The predicted octanol–water partition coefficient (Wildman–Crippen LogP) is 3.23.